The number of imide groups is 1. The molecule has 124 valence electrons. The quantitative estimate of drug-likeness (QED) is 0.669. The summed E-state index contributed by atoms with van der Waals surface area (Å²) in [4.78, 5) is 24.7. The van der Waals surface area contributed by atoms with Crippen LogP contribution in [0.4, 0.5) is 4.79 Å². The fraction of sp³-hybridized carbons (Fsp3) is 0.222. The Labute approximate surface area is 145 Å². The van der Waals surface area contributed by atoms with Gasteiger partial charge in [-0.05, 0) is 56.2 Å². The molecule has 0 aliphatic carbocycles. The third kappa shape index (κ3) is 2.51. The Morgan fingerprint density at radius 1 is 1.17 bits per heavy atom. The van der Waals surface area contributed by atoms with E-state index in [9.17, 15) is 9.59 Å². The Hall–Kier alpha value is -2.53. The van der Waals surface area contributed by atoms with E-state index in [0.29, 0.717) is 5.02 Å². The molecule has 0 atom stereocenters. The molecular weight excluding hydrogens is 326 g/mol. The van der Waals surface area contributed by atoms with Crippen LogP contribution in [0, 0.1) is 20.8 Å². The number of carbonyl (C=O) groups is 2. The molecular formula is C18H18ClN3O2. The number of nitrogens with one attached hydrogen (secondary N) is 1. The Bertz CT molecular complexity index is 896. The number of urea groups is 1. The molecule has 5 nitrogen and oxygen atoms in total. The zero-order valence-electron chi connectivity index (χ0n) is 14.0. The summed E-state index contributed by atoms with van der Waals surface area (Å²) in [6.07, 6.45) is 1.71. The van der Waals surface area contributed by atoms with Gasteiger partial charge in [0.2, 0.25) is 0 Å². The second-order valence-corrected chi connectivity index (χ2v) is 6.31. The Kier molecular flexibility index (Phi) is 3.97. The Morgan fingerprint density at radius 3 is 2.50 bits per heavy atom. The maximum Gasteiger partial charge on any atom is 0.328 e. The van der Waals surface area contributed by atoms with Crippen LogP contribution in [0.1, 0.15) is 22.5 Å². The van der Waals surface area contributed by atoms with Gasteiger partial charge in [-0.25, -0.2) is 4.79 Å². The lowest BCUT2D eigenvalue weighted by Gasteiger charge is -2.13. The first-order chi connectivity index (χ1) is 11.3. The van der Waals surface area contributed by atoms with Crippen LogP contribution in [-0.2, 0) is 4.79 Å². The van der Waals surface area contributed by atoms with E-state index in [4.69, 9.17) is 11.6 Å². The lowest BCUT2D eigenvalue weighted by Crippen LogP contribution is -2.25. The number of carbonyl (C=O) groups excluding carboxylic acids is 2. The molecule has 2 heterocycles. The smallest absolute Gasteiger partial charge is 0.318 e. The Morgan fingerprint density at radius 2 is 1.88 bits per heavy atom. The van der Waals surface area contributed by atoms with Crippen molar-refractivity contribution >= 4 is 29.6 Å². The summed E-state index contributed by atoms with van der Waals surface area (Å²) in [7, 11) is 1.46. The van der Waals surface area contributed by atoms with E-state index in [0.717, 1.165) is 33.1 Å². The highest BCUT2D eigenvalue weighted by Crippen LogP contribution is 2.28. The molecule has 24 heavy (non-hydrogen) atoms. The topological polar surface area (TPSA) is 54.3 Å². The molecule has 1 aromatic carbocycles. The number of nitrogens with zero attached hydrogens (tertiary/aromatic N) is 2. The van der Waals surface area contributed by atoms with Gasteiger partial charge in [0.05, 0.1) is 0 Å². The molecule has 6 heteroatoms. The van der Waals surface area contributed by atoms with E-state index in [1.165, 1.54) is 7.05 Å². The van der Waals surface area contributed by atoms with Gasteiger partial charge < -0.3 is 9.88 Å². The molecule has 1 aliphatic heterocycles. The summed E-state index contributed by atoms with van der Waals surface area (Å²) in [5.41, 5.74) is 5.15. The maximum atomic E-state index is 12.0. The number of hydrogen-bond acceptors (Lipinski definition) is 2. The fourth-order valence-corrected chi connectivity index (χ4v) is 3.09. The lowest BCUT2D eigenvalue weighted by atomic mass is 10.2. The van der Waals surface area contributed by atoms with E-state index in [1.54, 1.807) is 6.08 Å². The first-order valence-electron chi connectivity index (χ1n) is 7.56. The summed E-state index contributed by atoms with van der Waals surface area (Å²) in [6.45, 7) is 5.95. The number of likely N-dealkylation sites (N-methyl/N-ethyl adjacent to an activating group) is 1. The number of aromatic nitrogens is 1. The van der Waals surface area contributed by atoms with Crippen molar-refractivity contribution < 1.29 is 9.59 Å². The standard InChI is InChI=1S/C18H18ClN3O2/c1-10-8-13(9-15-17(23)21(4)18(24)20-15)12(3)22(10)16-7-5-6-14(19)11(16)2/h5-9H,1-4H3,(H,20,24)/b15-9+. The molecule has 0 radical (unpaired) electrons. The predicted molar refractivity (Wildman–Crippen MR) is 94.3 cm³/mol. The van der Waals surface area contributed by atoms with Gasteiger partial charge in [0, 0.05) is 29.1 Å². The van der Waals surface area contributed by atoms with Crippen molar-refractivity contribution in [2.75, 3.05) is 7.05 Å². The van der Waals surface area contributed by atoms with Crippen molar-refractivity contribution in [3.05, 3.63) is 57.5 Å². The van der Waals surface area contributed by atoms with Crippen LogP contribution >= 0.6 is 11.6 Å². The van der Waals surface area contributed by atoms with Crippen LogP contribution in [0.5, 0.6) is 0 Å². The van der Waals surface area contributed by atoms with Crippen molar-refractivity contribution in [2.24, 2.45) is 0 Å². The van der Waals surface area contributed by atoms with Gasteiger partial charge in [-0.3, -0.25) is 9.69 Å². The van der Waals surface area contributed by atoms with Gasteiger partial charge in [-0.2, -0.15) is 0 Å². The summed E-state index contributed by atoms with van der Waals surface area (Å²) >= 11 is 6.24. The molecule has 0 spiro atoms. The highest BCUT2D eigenvalue weighted by atomic mass is 35.5. The van der Waals surface area contributed by atoms with Crippen LogP contribution in [0.25, 0.3) is 11.8 Å². The number of benzene rings is 1. The second kappa shape index (κ2) is 5.83. The highest BCUT2D eigenvalue weighted by molar-refractivity contribution is 6.31. The second-order valence-electron chi connectivity index (χ2n) is 5.90. The van der Waals surface area contributed by atoms with E-state index in [-0.39, 0.29) is 11.6 Å². The zero-order chi connectivity index (χ0) is 17.6. The van der Waals surface area contributed by atoms with Crippen LogP contribution in [0.15, 0.2) is 30.0 Å². The predicted octanol–water partition coefficient (Wildman–Crippen LogP) is 3.58. The van der Waals surface area contributed by atoms with Crippen molar-refractivity contribution in [3.63, 3.8) is 0 Å². The van der Waals surface area contributed by atoms with E-state index < -0.39 is 6.03 Å². The molecule has 2 aromatic rings. The van der Waals surface area contributed by atoms with Crippen molar-refractivity contribution in [1.29, 1.82) is 0 Å². The SMILES string of the molecule is Cc1c(Cl)cccc1-n1c(C)cc(/C=C2/NC(=O)N(C)C2=O)c1C. The molecule has 1 saturated heterocycles. The van der Waals surface area contributed by atoms with E-state index >= 15 is 0 Å². The molecule has 1 aromatic heterocycles. The molecule has 0 unspecified atom stereocenters. The largest absolute Gasteiger partial charge is 0.328 e. The van der Waals surface area contributed by atoms with Gasteiger partial charge in [0.1, 0.15) is 5.70 Å². The third-order valence-electron chi connectivity index (χ3n) is 4.33. The van der Waals surface area contributed by atoms with Gasteiger partial charge in [-0.1, -0.05) is 17.7 Å². The summed E-state index contributed by atoms with van der Waals surface area (Å²) in [5.74, 6) is -0.330. The van der Waals surface area contributed by atoms with Gasteiger partial charge >= 0.3 is 6.03 Å². The van der Waals surface area contributed by atoms with Crippen LogP contribution in [-0.4, -0.2) is 28.5 Å². The average molecular weight is 344 g/mol. The van der Waals surface area contributed by atoms with Gasteiger partial charge in [-0.15, -0.1) is 0 Å². The zero-order valence-corrected chi connectivity index (χ0v) is 14.7. The summed E-state index contributed by atoms with van der Waals surface area (Å²) in [6, 6.07) is 7.36. The first kappa shape index (κ1) is 16.3. The monoisotopic (exact) mass is 343 g/mol. The van der Waals surface area contributed by atoms with E-state index in [1.807, 2.05) is 45.0 Å². The van der Waals surface area contributed by atoms with Crippen LogP contribution in [0.3, 0.4) is 0 Å². The van der Waals surface area contributed by atoms with Gasteiger partial charge in [0.25, 0.3) is 5.91 Å². The average Bonchev–Trinajstić information content (AvgIpc) is 2.94. The number of rotatable bonds is 2. The minimum Gasteiger partial charge on any atom is -0.318 e. The minimum absolute atomic E-state index is 0.283. The number of halogens is 1. The summed E-state index contributed by atoms with van der Waals surface area (Å²) < 4.78 is 2.10. The number of aryl methyl sites for hydroxylation is 1. The van der Waals surface area contributed by atoms with E-state index in [2.05, 4.69) is 9.88 Å². The lowest BCUT2D eigenvalue weighted by molar-refractivity contribution is -0.121. The van der Waals surface area contributed by atoms with Crippen molar-refractivity contribution in [1.82, 2.24) is 14.8 Å². The fourth-order valence-electron chi connectivity index (χ4n) is 2.92. The van der Waals surface area contributed by atoms with Crippen LogP contribution < -0.4 is 5.32 Å². The molecule has 1 fully saturated rings. The van der Waals surface area contributed by atoms with Gasteiger partial charge in [0.15, 0.2) is 0 Å². The molecule has 0 saturated carbocycles. The minimum atomic E-state index is -0.411. The molecule has 0 bridgehead atoms. The maximum absolute atomic E-state index is 12.0. The first-order valence-corrected chi connectivity index (χ1v) is 7.94. The Balaban J connectivity index is 2.10. The molecule has 3 rings (SSSR count). The highest BCUT2D eigenvalue weighted by Gasteiger charge is 2.30. The third-order valence-corrected chi connectivity index (χ3v) is 4.74. The van der Waals surface area contributed by atoms with Crippen LogP contribution in [0.2, 0.25) is 5.02 Å². The van der Waals surface area contributed by atoms with Crippen molar-refractivity contribution in [3.8, 4) is 5.69 Å². The number of hydrogen-bond donors (Lipinski definition) is 1. The molecule has 1 aliphatic rings. The molecule has 3 amide bonds. The summed E-state index contributed by atoms with van der Waals surface area (Å²) in [5, 5.41) is 3.29. The normalized spacial score (nSPS) is 16.2. The molecule has 1 N–H and O–H groups in total. The van der Waals surface area contributed by atoms with Crippen molar-refractivity contribution in [2.45, 2.75) is 20.8 Å². The number of amides is 3.